The molecule has 1 fully saturated rings. The summed E-state index contributed by atoms with van der Waals surface area (Å²) >= 11 is 7.54. The molecule has 0 bridgehead atoms. The van der Waals surface area contributed by atoms with E-state index < -0.39 is 5.82 Å². The monoisotopic (exact) mass is 247 g/mol. The topological polar surface area (TPSA) is 29.0 Å². The second kappa shape index (κ2) is 4.53. The third-order valence-electron chi connectivity index (χ3n) is 2.24. The van der Waals surface area contributed by atoms with Crippen molar-refractivity contribution in [1.82, 2.24) is 9.97 Å². The van der Waals surface area contributed by atoms with E-state index in [9.17, 15) is 4.39 Å². The van der Waals surface area contributed by atoms with Crippen LogP contribution in [0.2, 0.25) is 5.28 Å². The van der Waals surface area contributed by atoms with Crippen molar-refractivity contribution in [3.8, 4) is 0 Å². The van der Waals surface area contributed by atoms with Crippen molar-refractivity contribution in [3.63, 3.8) is 0 Å². The normalized spacial score (nSPS) is 21.8. The fourth-order valence-corrected chi connectivity index (χ4v) is 2.71. The lowest BCUT2D eigenvalue weighted by Crippen LogP contribution is -2.37. The summed E-state index contributed by atoms with van der Waals surface area (Å²) in [5.41, 5.74) is 0. The van der Waals surface area contributed by atoms with Crippen LogP contribution in [0.3, 0.4) is 0 Å². The Kier molecular flexibility index (Phi) is 3.31. The second-order valence-electron chi connectivity index (χ2n) is 3.44. The molecule has 0 radical (unpaired) electrons. The minimum Gasteiger partial charge on any atom is -0.352 e. The summed E-state index contributed by atoms with van der Waals surface area (Å²) in [6, 6.07) is 0. The maximum absolute atomic E-state index is 13.4. The van der Waals surface area contributed by atoms with Gasteiger partial charge in [0.15, 0.2) is 11.6 Å². The van der Waals surface area contributed by atoms with Crippen LogP contribution in [0.25, 0.3) is 0 Å². The number of rotatable bonds is 1. The first-order valence-corrected chi connectivity index (χ1v) is 6.14. The van der Waals surface area contributed by atoms with Crippen molar-refractivity contribution in [2.45, 2.75) is 12.2 Å². The Hall–Kier alpha value is -0.550. The Morgan fingerprint density at radius 1 is 1.67 bits per heavy atom. The van der Waals surface area contributed by atoms with E-state index in [1.54, 1.807) is 0 Å². The van der Waals surface area contributed by atoms with Gasteiger partial charge in [0.2, 0.25) is 5.28 Å². The van der Waals surface area contributed by atoms with Crippen molar-refractivity contribution in [2.75, 3.05) is 23.7 Å². The third-order valence-corrected chi connectivity index (χ3v) is 3.56. The van der Waals surface area contributed by atoms with E-state index in [4.69, 9.17) is 11.6 Å². The first kappa shape index (κ1) is 11.0. The molecular formula is C9H11ClFN3S. The molecule has 1 aromatic rings. The molecule has 1 unspecified atom stereocenters. The van der Waals surface area contributed by atoms with Crippen LogP contribution in [0.1, 0.15) is 6.92 Å². The summed E-state index contributed by atoms with van der Waals surface area (Å²) in [7, 11) is 0. The number of nitrogens with zero attached hydrogens (tertiary/aromatic N) is 3. The maximum Gasteiger partial charge on any atom is 0.224 e. The van der Waals surface area contributed by atoms with Crippen molar-refractivity contribution < 1.29 is 4.39 Å². The zero-order chi connectivity index (χ0) is 10.8. The number of aromatic nitrogens is 2. The Morgan fingerprint density at radius 2 is 2.47 bits per heavy atom. The molecule has 3 nitrogen and oxygen atoms in total. The number of hydrogen-bond acceptors (Lipinski definition) is 4. The van der Waals surface area contributed by atoms with Gasteiger partial charge in [0.25, 0.3) is 0 Å². The standard InChI is InChI=1S/C9H11ClFN3S/c1-6-5-14(2-3-15-6)8-7(11)4-12-9(10)13-8/h4,6H,2-3,5H2,1H3. The molecule has 2 heterocycles. The number of thioether (sulfide) groups is 1. The number of hydrogen-bond donors (Lipinski definition) is 0. The summed E-state index contributed by atoms with van der Waals surface area (Å²) in [5.74, 6) is 0.906. The maximum atomic E-state index is 13.4. The van der Waals surface area contributed by atoms with Gasteiger partial charge in [-0.25, -0.2) is 9.37 Å². The quantitative estimate of drug-likeness (QED) is 0.712. The van der Waals surface area contributed by atoms with Gasteiger partial charge in [-0.2, -0.15) is 16.7 Å². The molecule has 0 aliphatic carbocycles. The summed E-state index contributed by atoms with van der Waals surface area (Å²) in [6.45, 7) is 3.73. The van der Waals surface area contributed by atoms with Crippen LogP contribution in [0.5, 0.6) is 0 Å². The molecular weight excluding hydrogens is 237 g/mol. The molecule has 0 saturated carbocycles. The molecule has 82 valence electrons. The largest absolute Gasteiger partial charge is 0.352 e. The fourth-order valence-electron chi connectivity index (χ4n) is 1.57. The van der Waals surface area contributed by atoms with Gasteiger partial charge in [0.1, 0.15) is 0 Å². The van der Waals surface area contributed by atoms with Crippen molar-refractivity contribution in [3.05, 3.63) is 17.3 Å². The van der Waals surface area contributed by atoms with Crippen LogP contribution in [0, 0.1) is 5.82 Å². The SMILES string of the molecule is CC1CN(c2nc(Cl)ncc2F)CCS1. The molecule has 1 aliphatic heterocycles. The first-order chi connectivity index (χ1) is 7.16. The Balaban J connectivity index is 2.24. The third kappa shape index (κ3) is 2.52. The summed E-state index contributed by atoms with van der Waals surface area (Å²) in [6.07, 6.45) is 1.12. The molecule has 0 N–H and O–H groups in total. The van der Waals surface area contributed by atoms with E-state index >= 15 is 0 Å². The van der Waals surface area contributed by atoms with Gasteiger partial charge < -0.3 is 4.90 Å². The molecule has 0 spiro atoms. The highest BCUT2D eigenvalue weighted by atomic mass is 35.5. The van der Waals surface area contributed by atoms with Crippen molar-refractivity contribution in [2.24, 2.45) is 0 Å². The van der Waals surface area contributed by atoms with E-state index in [-0.39, 0.29) is 5.28 Å². The summed E-state index contributed by atoms with van der Waals surface area (Å²) in [5, 5.41) is 0.587. The number of halogens is 2. The molecule has 1 aromatic heterocycles. The Bertz CT molecular complexity index is 363. The van der Waals surface area contributed by atoms with Gasteiger partial charge in [-0.3, -0.25) is 0 Å². The lowest BCUT2D eigenvalue weighted by Gasteiger charge is -2.31. The highest BCUT2D eigenvalue weighted by Gasteiger charge is 2.21. The Morgan fingerprint density at radius 3 is 3.20 bits per heavy atom. The van der Waals surface area contributed by atoms with E-state index in [1.165, 1.54) is 0 Å². The smallest absolute Gasteiger partial charge is 0.224 e. The van der Waals surface area contributed by atoms with Crippen molar-refractivity contribution >= 4 is 29.2 Å². The minimum absolute atomic E-state index is 0.0947. The van der Waals surface area contributed by atoms with Gasteiger partial charge >= 0.3 is 0 Å². The van der Waals surface area contributed by atoms with E-state index in [0.29, 0.717) is 11.1 Å². The van der Waals surface area contributed by atoms with E-state index in [2.05, 4.69) is 16.9 Å². The molecule has 1 atom stereocenters. The van der Waals surface area contributed by atoms with Gasteiger partial charge in [-0.05, 0) is 11.6 Å². The predicted molar refractivity (Wildman–Crippen MR) is 61.1 cm³/mol. The van der Waals surface area contributed by atoms with Gasteiger partial charge in [-0.1, -0.05) is 6.92 Å². The first-order valence-electron chi connectivity index (χ1n) is 4.71. The lowest BCUT2D eigenvalue weighted by atomic mass is 10.3. The molecule has 0 amide bonds. The van der Waals surface area contributed by atoms with Gasteiger partial charge in [0.05, 0.1) is 6.20 Å². The predicted octanol–water partition coefficient (Wildman–Crippen LogP) is 2.21. The summed E-state index contributed by atoms with van der Waals surface area (Å²) < 4.78 is 13.4. The van der Waals surface area contributed by atoms with Crippen LogP contribution in [-0.2, 0) is 0 Å². The van der Waals surface area contributed by atoms with E-state index in [0.717, 1.165) is 25.0 Å². The zero-order valence-corrected chi connectivity index (χ0v) is 9.85. The second-order valence-corrected chi connectivity index (χ2v) is 5.32. The fraction of sp³-hybridized carbons (Fsp3) is 0.556. The molecule has 0 aromatic carbocycles. The van der Waals surface area contributed by atoms with Crippen LogP contribution in [-0.4, -0.2) is 34.1 Å². The average Bonchev–Trinajstić information content (AvgIpc) is 2.22. The van der Waals surface area contributed by atoms with Gasteiger partial charge in [0, 0.05) is 24.1 Å². The molecule has 1 aliphatic rings. The number of anilines is 1. The average molecular weight is 248 g/mol. The molecule has 2 rings (SSSR count). The highest BCUT2D eigenvalue weighted by molar-refractivity contribution is 8.00. The van der Waals surface area contributed by atoms with Crippen molar-refractivity contribution in [1.29, 1.82) is 0 Å². The molecule has 1 saturated heterocycles. The lowest BCUT2D eigenvalue weighted by molar-refractivity contribution is 0.600. The van der Waals surface area contributed by atoms with E-state index in [1.807, 2.05) is 16.7 Å². The molecule has 6 heteroatoms. The molecule has 15 heavy (non-hydrogen) atoms. The van der Waals surface area contributed by atoms with Crippen LogP contribution in [0.15, 0.2) is 6.20 Å². The highest BCUT2D eigenvalue weighted by Crippen LogP contribution is 2.24. The van der Waals surface area contributed by atoms with Crippen LogP contribution < -0.4 is 4.90 Å². The van der Waals surface area contributed by atoms with Crippen LogP contribution >= 0.6 is 23.4 Å². The van der Waals surface area contributed by atoms with Gasteiger partial charge in [-0.15, -0.1) is 0 Å². The minimum atomic E-state index is -0.404. The zero-order valence-electron chi connectivity index (χ0n) is 8.28. The Labute approximate surface area is 97.0 Å². The summed E-state index contributed by atoms with van der Waals surface area (Å²) in [4.78, 5) is 9.45. The van der Waals surface area contributed by atoms with Crippen LogP contribution in [0.4, 0.5) is 10.2 Å².